The molecule has 2 aromatic rings. The largest absolute Gasteiger partial charge is 0.367 e. The first-order chi connectivity index (χ1) is 7.79. The third-order valence-corrected chi connectivity index (χ3v) is 3.85. The number of hydrogen-bond donors (Lipinski definition) is 2. The molecule has 2 aromatic heterocycles. The Morgan fingerprint density at radius 3 is 3.00 bits per heavy atom. The summed E-state index contributed by atoms with van der Waals surface area (Å²) < 4.78 is 3.96. The molecule has 2 rings (SSSR count). The molecule has 2 heterocycles. The molecule has 1 unspecified atom stereocenters. The lowest BCUT2D eigenvalue weighted by Gasteiger charge is -2.15. The van der Waals surface area contributed by atoms with Crippen molar-refractivity contribution in [1.82, 2.24) is 9.36 Å². The van der Waals surface area contributed by atoms with Crippen molar-refractivity contribution in [2.24, 2.45) is 0 Å². The summed E-state index contributed by atoms with van der Waals surface area (Å²) in [6.45, 7) is 2.18. The number of hydrogen-bond acceptors (Lipinski definition) is 6. The number of anilines is 2. The highest BCUT2D eigenvalue weighted by Crippen LogP contribution is 2.28. The van der Waals surface area contributed by atoms with E-state index < -0.39 is 0 Å². The molecule has 6 heteroatoms. The molecular weight excluding hydrogens is 240 g/mol. The number of aromatic nitrogens is 2. The molecule has 0 bridgehead atoms. The van der Waals surface area contributed by atoms with E-state index in [1.165, 1.54) is 16.4 Å². The number of nitrogens with zero attached hydrogens (tertiary/aromatic N) is 2. The maximum Gasteiger partial charge on any atom is 0.233 e. The van der Waals surface area contributed by atoms with Crippen LogP contribution >= 0.6 is 22.9 Å². The van der Waals surface area contributed by atoms with Crippen LogP contribution in [0.4, 0.5) is 11.1 Å². The van der Waals surface area contributed by atoms with Crippen LogP contribution in [0, 0.1) is 0 Å². The van der Waals surface area contributed by atoms with Gasteiger partial charge in [-0.05, 0) is 17.9 Å². The summed E-state index contributed by atoms with van der Waals surface area (Å²) in [5.41, 5.74) is 5.50. The number of rotatable bonds is 5. The molecule has 0 saturated carbocycles. The molecule has 0 aliphatic carbocycles. The monoisotopic (exact) mass is 254 g/mol. The Morgan fingerprint density at radius 2 is 2.44 bits per heavy atom. The molecule has 0 fully saturated rings. The fraction of sp³-hybridized carbons (Fsp3) is 0.400. The van der Waals surface area contributed by atoms with Crippen LogP contribution in [0.2, 0.25) is 0 Å². The molecule has 0 saturated heterocycles. The van der Waals surface area contributed by atoms with E-state index in [1.54, 1.807) is 11.3 Å². The van der Waals surface area contributed by atoms with Crippen LogP contribution in [0.25, 0.3) is 0 Å². The van der Waals surface area contributed by atoms with Crippen LogP contribution in [0.15, 0.2) is 17.5 Å². The minimum atomic E-state index is 0.317. The number of nitrogens with one attached hydrogen (secondary N) is 1. The minimum Gasteiger partial charge on any atom is -0.367 e. The molecule has 0 spiro atoms. The molecule has 4 nitrogen and oxygen atoms in total. The Morgan fingerprint density at radius 1 is 1.56 bits per heavy atom. The van der Waals surface area contributed by atoms with Crippen LogP contribution in [0.1, 0.15) is 30.7 Å². The number of nitrogen functional groups attached to an aromatic ring is 1. The topological polar surface area (TPSA) is 63.8 Å². The lowest BCUT2D eigenvalue weighted by Crippen LogP contribution is -2.08. The van der Waals surface area contributed by atoms with Gasteiger partial charge in [-0.15, -0.1) is 11.3 Å². The van der Waals surface area contributed by atoms with Crippen molar-refractivity contribution >= 4 is 33.9 Å². The predicted octanol–water partition coefficient (Wildman–Crippen LogP) is 3.14. The van der Waals surface area contributed by atoms with Gasteiger partial charge in [-0.25, -0.2) is 0 Å². The van der Waals surface area contributed by atoms with E-state index >= 15 is 0 Å². The van der Waals surface area contributed by atoms with E-state index in [9.17, 15) is 0 Å². The predicted molar refractivity (Wildman–Crippen MR) is 69.9 cm³/mol. The highest BCUT2D eigenvalue weighted by Gasteiger charge is 2.13. The minimum absolute atomic E-state index is 0.317. The van der Waals surface area contributed by atoms with Gasteiger partial charge >= 0.3 is 0 Å². The van der Waals surface area contributed by atoms with Gasteiger partial charge in [-0.1, -0.05) is 19.4 Å². The van der Waals surface area contributed by atoms with Crippen LogP contribution in [0.3, 0.4) is 0 Å². The molecule has 0 aromatic carbocycles. The summed E-state index contributed by atoms with van der Waals surface area (Å²) in [6, 6.07) is 4.53. The third-order valence-electron chi connectivity index (χ3n) is 2.20. The van der Waals surface area contributed by atoms with Gasteiger partial charge in [-0.2, -0.15) is 9.36 Å². The van der Waals surface area contributed by atoms with Crippen LogP contribution in [-0.4, -0.2) is 9.36 Å². The lowest BCUT2D eigenvalue weighted by molar-refractivity contribution is 0.687. The highest BCUT2D eigenvalue weighted by molar-refractivity contribution is 7.10. The second-order valence-electron chi connectivity index (χ2n) is 3.46. The van der Waals surface area contributed by atoms with Crippen molar-refractivity contribution in [2.45, 2.75) is 25.8 Å². The normalized spacial score (nSPS) is 12.6. The maximum atomic E-state index is 5.50. The first-order valence-corrected chi connectivity index (χ1v) is 6.84. The molecule has 3 N–H and O–H groups in total. The van der Waals surface area contributed by atoms with Crippen molar-refractivity contribution in [3.63, 3.8) is 0 Å². The van der Waals surface area contributed by atoms with Crippen molar-refractivity contribution in [1.29, 1.82) is 0 Å². The van der Waals surface area contributed by atoms with E-state index in [0.717, 1.165) is 18.0 Å². The van der Waals surface area contributed by atoms with Gasteiger partial charge in [0.25, 0.3) is 0 Å². The first kappa shape index (κ1) is 11.3. The van der Waals surface area contributed by atoms with Gasteiger partial charge < -0.3 is 11.1 Å². The summed E-state index contributed by atoms with van der Waals surface area (Å²) in [4.78, 5) is 5.45. The first-order valence-electron chi connectivity index (χ1n) is 5.18. The Hall–Kier alpha value is -1.14. The number of nitrogens with two attached hydrogens (primary N) is 1. The van der Waals surface area contributed by atoms with Gasteiger partial charge in [0, 0.05) is 16.4 Å². The Balaban J connectivity index is 2.09. The Labute approximate surface area is 103 Å². The van der Waals surface area contributed by atoms with E-state index in [-0.39, 0.29) is 0 Å². The molecule has 86 valence electrons. The molecule has 0 aliphatic rings. The second-order valence-corrected chi connectivity index (χ2v) is 5.19. The van der Waals surface area contributed by atoms with Gasteiger partial charge in [0.15, 0.2) is 0 Å². The van der Waals surface area contributed by atoms with Crippen LogP contribution in [-0.2, 0) is 0 Å². The van der Waals surface area contributed by atoms with Gasteiger partial charge in [0.1, 0.15) is 0 Å². The third kappa shape index (κ3) is 2.70. The zero-order valence-electron chi connectivity index (χ0n) is 9.01. The Bertz CT molecular complexity index is 424. The summed E-state index contributed by atoms with van der Waals surface area (Å²) >= 11 is 3.07. The van der Waals surface area contributed by atoms with Crippen molar-refractivity contribution in [2.75, 3.05) is 11.1 Å². The van der Waals surface area contributed by atoms with Gasteiger partial charge in [-0.3, -0.25) is 0 Å². The average Bonchev–Trinajstić information content (AvgIpc) is 2.88. The smallest absolute Gasteiger partial charge is 0.233 e. The standard InChI is InChI=1S/C10H14N4S2/c1-2-4-7(8-5-3-6-15-8)12-10-13-9(11)14-16-10/h3,5-7H,2,4H2,1H3,(H3,11,12,13,14). The van der Waals surface area contributed by atoms with E-state index in [0.29, 0.717) is 12.0 Å². The quantitative estimate of drug-likeness (QED) is 0.860. The van der Waals surface area contributed by atoms with Crippen LogP contribution < -0.4 is 11.1 Å². The van der Waals surface area contributed by atoms with Crippen LogP contribution in [0.5, 0.6) is 0 Å². The average molecular weight is 254 g/mol. The van der Waals surface area contributed by atoms with Crippen molar-refractivity contribution in [3.8, 4) is 0 Å². The van der Waals surface area contributed by atoms with E-state index in [2.05, 4.69) is 39.1 Å². The van der Waals surface area contributed by atoms with E-state index in [1.807, 2.05) is 0 Å². The fourth-order valence-corrected chi connectivity index (χ4v) is 2.87. The maximum absolute atomic E-state index is 5.50. The van der Waals surface area contributed by atoms with Crippen molar-refractivity contribution < 1.29 is 0 Å². The number of thiophene rings is 1. The second kappa shape index (κ2) is 5.27. The van der Waals surface area contributed by atoms with Crippen molar-refractivity contribution in [3.05, 3.63) is 22.4 Å². The van der Waals surface area contributed by atoms with Gasteiger partial charge in [0.2, 0.25) is 11.1 Å². The zero-order chi connectivity index (χ0) is 11.4. The molecule has 0 amide bonds. The summed E-state index contributed by atoms with van der Waals surface area (Å²) in [7, 11) is 0. The molecule has 0 aliphatic heterocycles. The molecule has 1 atom stereocenters. The van der Waals surface area contributed by atoms with Gasteiger partial charge in [0.05, 0.1) is 6.04 Å². The zero-order valence-corrected chi connectivity index (χ0v) is 10.6. The molecule has 16 heavy (non-hydrogen) atoms. The summed E-state index contributed by atoms with van der Waals surface area (Å²) in [5.74, 6) is 0.342. The molecular formula is C10H14N4S2. The fourth-order valence-electron chi connectivity index (χ4n) is 1.51. The SMILES string of the molecule is CCCC(Nc1nc(N)ns1)c1cccs1. The molecule has 0 radical (unpaired) electrons. The van der Waals surface area contributed by atoms with E-state index in [4.69, 9.17) is 5.73 Å². The Kier molecular flexibility index (Phi) is 3.74. The summed E-state index contributed by atoms with van der Waals surface area (Å²) in [6.07, 6.45) is 2.21. The summed E-state index contributed by atoms with van der Waals surface area (Å²) in [5, 5.41) is 6.27. The lowest BCUT2D eigenvalue weighted by atomic mass is 10.1. The highest BCUT2D eigenvalue weighted by atomic mass is 32.1.